The number of rotatable bonds is 2. The molecule has 0 atom stereocenters. The molecule has 0 aliphatic carbocycles. The average Bonchev–Trinajstić information content (AvgIpc) is 2.73. The predicted octanol–water partition coefficient (Wildman–Crippen LogP) is 2.95. The largest absolute Gasteiger partial charge is 0.496 e. The van der Waals surface area contributed by atoms with Gasteiger partial charge < -0.3 is 15.0 Å². The number of alkyl halides is 3. The van der Waals surface area contributed by atoms with Gasteiger partial charge in [0.15, 0.2) is 5.76 Å². The quantitative estimate of drug-likeness (QED) is 0.899. The Balaban J connectivity index is 2.57. The summed E-state index contributed by atoms with van der Waals surface area (Å²) in [7, 11) is 1.17. The van der Waals surface area contributed by atoms with Gasteiger partial charge in [0.1, 0.15) is 11.4 Å². The van der Waals surface area contributed by atoms with Gasteiger partial charge in [-0.2, -0.15) is 13.2 Å². The van der Waals surface area contributed by atoms with Gasteiger partial charge in [-0.15, -0.1) is 0 Å². The van der Waals surface area contributed by atoms with E-state index in [9.17, 15) is 13.2 Å². The molecular formula is C11H9F3N2O2. The normalized spacial score (nSPS) is 11.6. The van der Waals surface area contributed by atoms with Gasteiger partial charge in [-0.3, -0.25) is 0 Å². The summed E-state index contributed by atoms with van der Waals surface area (Å²) >= 11 is 0. The van der Waals surface area contributed by atoms with E-state index in [0.717, 1.165) is 6.07 Å². The lowest BCUT2D eigenvalue weighted by atomic mass is 10.1. The molecule has 2 N–H and O–H groups in total. The minimum absolute atomic E-state index is 0.100. The number of aromatic nitrogens is 1. The Kier molecular flexibility index (Phi) is 2.90. The smallest absolute Gasteiger partial charge is 0.419 e. The molecule has 0 saturated carbocycles. The Morgan fingerprint density at radius 3 is 2.56 bits per heavy atom. The highest BCUT2D eigenvalue weighted by Gasteiger charge is 2.35. The van der Waals surface area contributed by atoms with Crippen molar-refractivity contribution in [3.63, 3.8) is 0 Å². The van der Waals surface area contributed by atoms with Crippen molar-refractivity contribution >= 4 is 5.69 Å². The summed E-state index contributed by atoms with van der Waals surface area (Å²) in [5.74, 6) is -0.160. The summed E-state index contributed by atoms with van der Waals surface area (Å²) in [5.41, 5.74) is 5.01. The maximum atomic E-state index is 12.8. The number of hydrogen-bond donors (Lipinski definition) is 1. The number of nitrogens with zero attached hydrogens (tertiary/aromatic N) is 1. The van der Waals surface area contributed by atoms with Crippen LogP contribution in [-0.2, 0) is 6.18 Å². The van der Waals surface area contributed by atoms with Crippen LogP contribution in [0.25, 0.3) is 11.3 Å². The van der Waals surface area contributed by atoms with E-state index in [0.29, 0.717) is 0 Å². The minimum Gasteiger partial charge on any atom is -0.496 e. The molecule has 0 unspecified atom stereocenters. The Bertz CT molecular complexity index is 564. The van der Waals surface area contributed by atoms with Gasteiger partial charge in [-0.05, 0) is 18.2 Å². The van der Waals surface area contributed by atoms with E-state index in [1.807, 2.05) is 0 Å². The van der Waals surface area contributed by atoms with Crippen molar-refractivity contribution < 1.29 is 22.4 Å². The fourth-order valence-electron chi connectivity index (χ4n) is 1.54. The second-order valence-corrected chi connectivity index (χ2v) is 3.52. The average molecular weight is 258 g/mol. The van der Waals surface area contributed by atoms with E-state index >= 15 is 0 Å². The van der Waals surface area contributed by atoms with Gasteiger partial charge in [0.25, 0.3) is 0 Å². The third-order valence-corrected chi connectivity index (χ3v) is 2.37. The number of nitrogen functional groups attached to an aromatic ring is 1. The molecule has 96 valence electrons. The zero-order valence-corrected chi connectivity index (χ0v) is 9.28. The van der Waals surface area contributed by atoms with Crippen LogP contribution in [0.4, 0.5) is 18.9 Å². The van der Waals surface area contributed by atoms with Crippen LogP contribution < -0.4 is 10.5 Å². The number of ether oxygens (including phenoxy) is 1. The molecule has 1 aromatic heterocycles. The van der Waals surface area contributed by atoms with E-state index < -0.39 is 11.7 Å². The van der Waals surface area contributed by atoms with Crippen LogP contribution in [0.2, 0.25) is 0 Å². The SMILES string of the molecule is COc1ccc(-c2oncc2N)cc1C(F)(F)F. The van der Waals surface area contributed by atoms with Crippen molar-refractivity contribution in [2.45, 2.75) is 6.18 Å². The lowest BCUT2D eigenvalue weighted by Crippen LogP contribution is -2.07. The van der Waals surface area contributed by atoms with Crippen LogP contribution in [-0.4, -0.2) is 12.3 Å². The molecule has 1 heterocycles. The Morgan fingerprint density at radius 2 is 2.06 bits per heavy atom. The number of nitrogens with two attached hydrogens (primary N) is 1. The highest BCUT2D eigenvalue weighted by molar-refractivity contribution is 5.71. The standard InChI is InChI=1S/C11H9F3N2O2/c1-17-9-3-2-6(4-7(9)11(12,13)14)10-8(15)5-16-18-10/h2-5H,15H2,1H3. The van der Waals surface area contributed by atoms with Gasteiger partial charge in [0.2, 0.25) is 0 Å². The first-order chi connectivity index (χ1) is 8.43. The molecule has 0 bridgehead atoms. The molecule has 0 amide bonds. The van der Waals surface area contributed by atoms with E-state index in [4.69, 9.17) is 10.3 Å². The molecule has 4 nitrogen and oxygen atoms in total. The molecule has 0 radical (unpaired) electrons. The molecule has 0 aliphatic rings. The lowest BCUT2D eigenvalue weighted by molar-refractivity contribution is -0.138. The summed E-state index contributed by atoms with van der Waals surface area (Å²) in [6.07, 6.45) is -3.29. The maximum absolute atomic E-state index is 12.8. The molecular weight excluding hydrogens is 249 g/mol. The van der Waals surface area contributed by atoms with E-state index in [1.54, 1.807) is 0 Å². The summed E-state index contributed by atoms with van der Waals surface area (Å²) in [6.45, 7) is 0. The molecule has 0 fully saturated rings. The van der Waals surface area contributed by atoms with Gasteiger partial charge in [-0.25, -0.2) is 0 Å². The van der Waals surface area contributed by atoms with Crippen molar-refractivity contribution in [3.8, 4) is 17.1 Å². The lowest BCUT2D eigenvalue weighted by Gasteiger charge is -2.12. The number of halogens is 3. The molecule has 0 saturated heterocycles. The molecule has 0 aliphatic heterocycles. The van der Waals surface area contributed by atoms with Crippen LogP contribution in [0.15, 0.2) is 28.9 Å². The highest BCUT2D eigenvalue weighted by atomic mass is 19.4. The van der Waals surface area contributed by atoms with Crippen LogP contribution in [0.5, 0.6) is 5.75 Å². The second-order valence-electron chi connectivity index (χ2n) is 3.52. The zero-order chi connectivity index (χ0) is 13.3. The molecule has 1 aromatic carbocycles. The van der Waals surface area contributed by atoms with Crippen molar-refractivity contribution in [2.75, 3.05) is 12.8 Å². The number of hydrogen-bond acceptors (Lipinski definition) is 4. The van der Waals surface area contributed by atoms with E-state index in [-0.39, 0.29) is 22.8 Å². The first kappa shape index (κ1) is 12.3. The Labute approximate surface area is 100 Å². The van der Waals surface area contributed by atoms with Gasteiger partial charge in [-0.1, -0.05) is 5.16 Å². The van der Waals surface area contributed by atoms with Crippen molar-refractivity contribution in [1.82, 2.24) is 5.16 Å². The zero-order valence-electron chi connectivity index (χ0n) is 9.28. The Morgan fingerprint density at radius 1 is 1.33 bits per heavy atom. The molecule has 0 spiro atoms. The number of benzene rings is 1. The van der Waals surface area contributed by atoms with Gasteiger partial charge in [0, 0.05) is 5.56 Å². The maximum Gasteiger partial charge on any atom is 0.419 e. The van der Waals surface area contributed by atoms with Crippen molar-refractivity contribution in [2.24, 2.45) is 0 Å². The number of anilines is 1. The molecule has 2 aromatic rings. The highest BCUT2D eigenvalue weighted by Crippen LogP contribution is 2.39. The number of methoxy groups -OCH3 is 1. The van der Waals surface area contributed by atoms with Crippen LogP contribution in [0.1, 0.15) is 5.56 Å². The van der Waals surface area contributed by atoms with E-state index in [2.05, 4.69) is 9.89 Å². The topological polar surface area (TPSA) is 61.3 Å². The minimum atomic E-state index is -4.52. The van der Waals surface area contributed by atoms with Crippen molar-refractivity contribution in [3.05, 3.63) is 30.0 Å². The third-order valence-electron chi connectivity index (χ3n) is 2.37. The summed E-state index contributed by atoms with van der Waals surface area (Å²) in [4.78, 5) is 0. The van der Waals surface area contributed by atoms with Crippen LogP contribution in [0.3, 0.4) is 0 Å². The van der Waals surface area contributed by atoms with Crippen LogP contribution in [0, 0.1) is 0 Å². The fourth-order valence-corrected chi connectivity index (χ4v) is 1.54. The molecule has 2 rings (SSSR count). The van der Waals surface area contributed by atoms with E-state index in [1.165, 1.54) is 25.4 Å². The van der Waals surface area contributed by atoms with Crippen molar-refractivity contribution in [1.29, 1.82) is 0 Å². The summed E-state index contributed by atoms with van der Waals surface area (Å²) in [6, 6.07) is 3.54. The molecule has 7 heteroatoms. The Hall–Kier alpha value is -2.18. The van der Waals surface area contributed by atoms with Crippen LogP contribution >= 0.6 is 0 Å². The summed E-state index contributed by atoms with van der Waals surface area (Å²) < 4.78 is 47.9. The second kappa shape index (κ2) is 4.25. The molecule has 18 heavy (non-hydrogen) atoms. The fraction of sp³-hybridized carbons (Fsp3) is 0.182. The first-order valence-electron chi connectivity index (χ1n) is 4.89. The third kappa shape index (κ3) is 2.11. The van der Waals surface area contributed by atoms with Gasteiger partial charge in [0.05, 0.1) is 18.9 Å². The first-order valence-corrected chi connectivity index (χ1v) is 4.89. The monoisotopic (exact) mass is 258 g/mol. The van der Waals surface area contributed by atoms with Gasteiger partial charge >= 0.3 is 6.18 Å². The predicted molar refractivity (Wildman–Crippen MR) is 57.9 cm³/mol. The summed E-state index contributed by atoms with van der Waals surface area (Å²) in [5, 5.41) is 3.42.